The second-order valence-electron chi connectivity index (χ2n) is 7.08. The summed E-state index contributed by atoms with van der Waals surface area (Å²) in [5.41, 5.74) is 9.94. The fourth-order valence-corrected chi connectivity index (χ4v) is 3.53. The van der Waals surface area contributed by atoms with Crippen molar-refractivity contribution in [2.45, 2.75) is 25.5 Å². The minimum Gasteiger partial charge on any atom is -0.487 e. The summed E-state index contributed by atoms with van der Waals surface area (Å²) < 4.78 is 6.05. The van der Waals surface area contributed by atoms with E-state index in [1.165, 1.54) is 0 Å². The predicted octanol–water partition coefficient (Wildman–Crippen LogP) is 3.60. The van der Waals surface area contributed by atoms with Crippen LogP contribution < -0.4 is 21.1 Å². The quantitative estimate of drug-likeness (QED) is 0.591. The monoisotopic (exact) mass is 373 g/mol. The van der Waals surface area contributed by atoms with Gasteiger partial charge in [-0.25, -0.2) is 0 Å². The van der Waals surface area contributed by atoms with Gasteiger partial charge in [-0.3, -0.25) is 4.98 Å². The van der Waals surface area contributed by atoms with Crippen molar-refractivity contribution in [2.75, 3.05) is 24.1 Å². The Labute approximate surface area is 164 Å². The van der Waals surface area contributed by atoms with E-state index in [0.29, 0.717) is 17.0 Å². The summed E-state index contributed by atoms with van der Waals surface area (Å²) in [6.45, 7) is 3.84. The molecule has 3 aromatic rings. The lowest BCUT2D eigenvalue weighted by Gasteiger charge is -2.20. The lowest BCUT2D eigenvalue weighted by Crippen LogP contribution is -2.20. The first-order valence-corrected chi connectivity index (χ1v) is 9.47. The Morgan fingerprint density at radius 3 is 2.86 bits per heavy atom. The fraction of sp³-hybridized carbons (Fsp3) is 0.273. The summed E-state index contributed by atoms with van der Waals surface area (Å²) >= 11 is 0. The molecule has 2 heterocycles. The number of nitrogens with zero attached hydrogens (tertiary/aromatic N) is 2. The highest BCUT2D eigenvalue weighted by Gasteiger charge is 2.19. The highest BCUT2D eigenvalue weighted by atomic mass is 16.5. The maximum absolute atomic E-state index is 9.58. The Kier molecular flexibility index (Phi) is 5.00. The number of nitrogen functional groups attached to an aromatic ring is 1. The maximum atomic E-state index is 9.58. The molecule has 0 saturated carbocycles. The van der Waals surface area contributed by atoms with Crippen molar-refractivity contribution in [3.05, 3.63) is 59.8 Å². The summed E-state index contributed by atoms with van der Waals surface area (Å²) in [7, 11) is 0. The molecule has 2 atom stereocenters. The molecular formula is C22H23N5O. The van der Waals surface area contributed by atoms with Crippen LogP contribution in [0.2, 0.25) is 0 Å². The van der Waals surface area contributed by atoms with Crippen molar-refractivity contribution in [3.63, 3.8) is 0 Å². The van der Waals surface area contributed by atoms with Gasteiger partial charge in [0.25, 0.3) is 0 Å². The first-order valence-electron chi connectivity index (χ1n) is 9.47. The average Bonchev–Trinajstić information content (AvgIpc) is 3.23. The van der Waals surface area contributed by atoms with Crippen LogP contribution in [0, 0.1) is 11.3 Å². The molecule has 1 aliphatic rings. The van der Waals surface area contributed by atoms with Crippen LogP contribution in [0.5, 0.6) is 5.75 Å². The van der Waals surface area contributed by atoms with Crippen LogP contribution in [0.1, 0.15) is 30.5 Å². The second-order valence-corrected chi connectivity index (χ2v) is 7.08. The van der Waals surface area contributed by atoms with Crippen LogP contribution in [0.25, 0.3) is 10.9 Å². The predicted molar refractivity (Wildman–Crippen MR) is 111 cm³/mol. The number of nitrogens with two attached hydrogens (primary N) is 1. The first kappa shape index (κ1) is 18.1. The van der Waals surface area contributed by atoms with Crippen LogP contribution in [0.4, 0.5) is 11.4 Å². The molecule has 0 radical (unpaired) electrons. The Bertz CT molecular complexity index is 1020. The van der Waals surface area contributed by atoms with E-state index in [-0.39, 0.29) is 12.1 Å². The molecule has 2 unspecified atom stereocenters. The number of nitrogens with one attached hydrogen (secondary N) is 2. The minimum atomic E-state index is 0.0283. The van der Waals surface area contributed by atoms with Crippen molar-refractivity contribution in [1.82, 2.24) is 10.3 Å². The lowest BCUT2D eigenvalue weighted by molar-refractivity contribution is 0.224. The largest absolute Gasteiger partial charge is 0.487 e. The molecule has 142 valence electrons. The Hall–Kier alpha value is -3.30. The third kappa shape index (κ3) is 3.57. The maximum Gasteiger partial charge on any atom is 0.144 e. The van der Waals surface area contributed by atoms with Crippen molar-refractivity contribution in [2.24, 2.45) is 0 Å². The van der Waals surface area contributed by atoms with Gasteiger partial charge < -0.3 is 21.1 Å². The van der Waals surface area contributed by atoms with Crippen LogP contribution in [-0.4, -0.2) is 24.2 Å². The van der Waals surface area contributed by atoms with E-state index in [1.807, 2.05) is 30.3 Å². The molecule has 1 aromatic heterocycles. The third-order valence-corrected chi connectivity index (χ3v) is 5.09. The number of fused-ring (bicyclic) bond motifs is 1. The van der Waals surface area contributed by atoms with Gasteiger partial charge in [-0.15, -0.1) is 0 Å². The third-order valence-electron chi connectivity index (χ3n) is 5.09. The molecule has 1 fully saturated rings. The highest BCUT2D eigenvalue weighted by Crippen LogP contribution is 2.35. The average molecular weight is 373 g/mol. The van der Waals surface area contributed by atoms with Gasteiger partial charge in [0.15, 0.2) is 0 Å². The molecular weight excluding hydrogens is 350 g/mol. The zero-order valence-corrected chi connectivity index (χ0v) is 15.8. The fourth-order valence-electron chi connectivity index (χ4n) is 3.53. The molecule has 4 N–H and O–H groups in total. The number of hydrogen-bond donors (Lipinski definition) is 3. The molecule has 1 aliphatic heterocycles. The molecule has 6 nitrogen and oxygen atoms in total. The molecule has 2 aromatic carbocycles. The number of nitriles is 1. The van der Waals surface area contributed by atoms with Crippen molar-refractivity contribution < 1.29 is 4.74 Å². The van der Waals surface area contributed by atoms with Gasteiger partial charge in [0, 0.05) is 30.2 Å². The summed E-state index contributed by atoms with van der Waals surface area (Å²) in [5, 5.41) is 17.2. The van der Waals surface area contributed by atoms with Gasteiger partial charge in [-0.05, 0) is 31.5 Å². The smallest absolute Gasteiger partial charge is 0.144 e. The summed E-state index contributed by atoms with van der Waals surface area (Å²) in [4.78, 5) is 4.46. The van der Waals surface area contributed by atoms with Crippen molar-refractivity contribution in [3.8, 4) is 11.8 Å². The van der Waals surface area contributed by atoms with E-state index in [2.05, 4.69) is 40.7 Å². The molecule has 28 heavy (non-hydrogen) atoms. The van der Waals surface area contributed by atoms with Gasteiger partial charge in [-0.1, -0.05) is 30.3 Å². The normalized spacial score (nSPS) is 17.2. The number of ether oxygens (including phenoxy) is 1. The van der Waals surface area contributed by atoms with Gasteiger partial charge >= 0.3 is 0 Å². The zero-order valence-electron chi connectivity index (χ0n) is 15.8. The Morgan fingerprint density at radius 1 is 1.32 bits per heavy atom. The zero-order chi connectivity index (χ0) is 19.5. The van der Waals surface area contributed by atoms with Crippen LogP contribution in [0.3, 0.4) is 0 Å². The van der Waals surface area contributed by atoms with E-state index in [4.69, 9.17) is 10.5 Å². The molecule has 4 rings (SSSR count). The number of hydrogen-bond acceptors (Lipinski definition) is 6. The van der Waals surface area contributed by atoms with Gasteiger partial charge in [0.2, 0.25) is 0 Å². The molecule has 0 bridgehead atoms. The number of rotatable bonds is 5. The van der Waals surface area contributed by atoms with Crippen LogP contribution in [-0.2, 0) is 0 Å². The number of aromatic nitrogens is 1. The Morgan fingerprint density at radius 2 is 2.14 bits per heavy atom. The van der Waals surface area contributed by atoms with Crippen molar-refractivity contribution in [1.29, 1.82) is 5.26 Å². The van der Waals surface area contributed by atoms with E-state index in [0.717, 1.165) is 41.7 Å². The second kappa shape index (κ2) is 7.75. The topological polar surface area (TPSA) is 96.0 Å². The molecule has 0 amide bonds. The molecule has 1 saturated heterocycles. The van der Waals surface area contributed by atoms with Gasteiger partial charge in [0.1, 0.15) is 17.9 Å². The van der Waals surface area contributed by atoms with Gasteiger partial charge in [-0.2, -0.15) is 5.26 Å². The SMILES string of the molecule is CC(Nc1c(C#N)cnc2cc(OC3CCNC3)c(N)cc12)c1ccccc1. The molecule has 6 heteroatoms. The minimum absolute atomic E-state index is 0.0283. The van der Waals surface area contributed by atoms with Gasteiger partial charge in [0.05, 0.1) is 22.5 Å². The van der Waals surface area contributed by atoms with Crippen molar-refractivity contribution >= 4 is 22.3 Å². The first-order chi connectivity index (χ1) is 13.7. The summed E-state index contributed by atoms with van der Waals surface area (Å²) in [6, 6.07) is 16.1. The van der Waals surface area contributed by atoms with E-state index < -0.39 is 0 Å². The molecule has 0 spiro atoms. The Balaban J connectivity index is 1.72. The number of benzene rings is 2. The highest BCUT2D eigenvalue weighted by molar-refractivity contribution is 5.97. The lowest BCUT2D eigenvalue weighted by atomic mass is 10.0. The molecule has 0 aliphatic carbocycles. The standard InChI is InChI=1S/C22H23N5O/c1-14(15-5-3-2-4-6-15)27-22-16(11-23)12-26-20-10-21(19(24)9-18(20)22)28-17-7-8-25-13-17/h2-6,9-10,12,14,17,25H,7-8,13,24H2,1H3,(H,26,27). The van der Waals surface area contributed by atoms with E-state index >= 15 is 0 Å². The van der Waals surface area contributed by atoms with E-state index in [1.54, 1.807) is 6.20 Å². The van der Waals surface area contributed by atoms with E-state index in [9.17, 15) is 5.26 Å². The van der Waals surface area contributed by atoms with Crippen LogP contribution in [0.15, 0.2) is 48.7 Å². The number of pyridine rings is 1. The summed E-state index contributed by atoms with van der Waals surface area (Å²) in [5.74, 6) is 0.639. The van der Waals surface area contributed by atoms with Crippen LogP contribution >= 0.6 is 0 Å². The summed E-state index contributed by atoms with van der Waals surface area (Å²) in [6.07, 6.45) is 2.67. The number of anilines is 2.